The fraction of sp³-hybridized carbons (Fsp3) is 0.233. The van der Waals surface area contributed by atoms with Crippen LogP contribution in [0.1, 0.15) is 102 Å². The van der Waals surface area contributed by atoms with Crippen LogP contribution in [-0.4, -0.2) is 14.1 Å². The fourth-order valence-corrected chi connectivity index (χ4v) is 9.46. The first kappa shape index (κ1) is 45.4. The topological polar surface area (TPSA) is 26.6 Å². The Labute approximate surface area is 400 Å². The molecule has 0 saturated carbocycles. The van der Waals surface area contributed by atoms with Crippen molar-refractivity contribution in [2.45, 2.75) is 90.9 Å². The summed E-state index contributed by atoms with van der Waals surface area (Å²) in [5.41, 5.74) is 17.6. The Hall–Kier alpha value is -6.13. The van der Waals surface area contributed by atoms with Crippen molar-refractivity contribution in [2.24, 2.45) is 0 Å². The van der Waals surface area contributed by atoms with Gasteiger partial charge in [-0.1, -0.05) is 140 Å². The average Bonchev–Trinajstić information content (AvgIpc) is 3.98. The van der Waals surface area contributed by atoms with Crippen molar-refractivity contribution in [3.8, 4) is 50.7 Å². The van der Waals surface area contributed by atoms with E-state index in [1.165, 1.54) is 63.0 Å². The number of hydrogen-bond donors (Lipinski definition) is 0. The molecule has 2 aromatic heterocycles. The Morgan fingerprint density at radius 2 is 1.23 bits per heavy atom. The molecule has 0 amide bonds. The van der Waals surface area contributed by atoms with Gasteiger partial charge in [-0.3, -0.25) is 9.55 Å². The van der Waals surface area contributed by atoms with E-state index in [0.29, 0.717) is 11.8 Å². The van der Waals surface area contributed by atoms with Crippen LogP contribution in [0.15, 0.2) is 170 Å². The van der Waals surface area contributed by atoms with Crippen molar-refractivity contribution < 1.29 is 24.7 Å². The normalized spacial score (nSPS) is 13.8. The zero-order chi connectivity index (χ0) is 44.6. The van der Waals surface area contributed by atoms with Gasteiger partial charge in [0.05, 0.1) is 22.5 Å². The number of fused-ring (bicyclic) bond motifs is 2. The Balaban J connectivity index is 0.000000178. The van der Waals surface area contributed by atoms with E-state index in [0.717, 1.165) is 33.8 Å². The summed E-state index contributed by atoms with van der Waals surface area (Å²) in [6, 6.07) is 62.4. The van der Waals surface area contributed by atoms with Gasteiger partial charge in [0.1, 0.15) is 0 Å². The predicted molar refractivity (Wildman–Crippen MR) is 265 cm³/mol. The molecule has 326 valence electrons. The first-order chi connectivity index (χ1) is 30.9. The molecule has 2 heterocycles. The Kier molecular flexibility index (Phi) is 13.1. The van der Waals surface area contributed by atoms with Crippen LogP contribution in [-0.2, 0) is 30.9 Å². The standard InChI is InChI=1S/C33H31N2.C27H27N2.Ir/c1-32(2)20-21-33(3,4)29-22-24(18-19-28(29)32)27-16-11-17-30-31(27)35(26-14-9-6-10-15-26)23-34(30)25-12-7-5-8-13-25;1-19(2)24-17-23(21-11-7-5-8-12-21)18-25(20(3)4)26(24)29-16-15-28-27(29)22-13-9-6-10-14-22;/h5-12,14-19,22H,20-21H2,1-4H3;5-13,15-20H,1-4H3;/q2*-1;+3. The molecule has 10 rings (SSSR count). The van der Waals surface area contributed by atoms with Gasteiger partial charge in [0.25, 0.3) is 6.33 Å². The molecular weight excluding hydrogens is 969 g/mol. The minimum atomic E-state index is 0. The van der Waals surface area contributed by atoms with Crippen LogP contribution in [0.5, 0.6) is 0 Å². The molecule has 0 bridgehead atoms. The Bertz CT molecular complexity index is 3000. The number of hydrogen-bond acceptors (Lipinski definition) is 1. The van der Waals surface area contributed by atoms with Crippen LogP contribution in [0.25, 0.3) is 61.7 Å². The maximum absolute atomic E-state index is 4.68. The van der Waals surface area contributed by atoms with Gasteiger partial charge >= 0.3 is 20.1 Å². The molecule has 0 atom stereocenters. The molecule has 0 unspecified atom stereocenters. The zero-order valence-electron chi connectivity index (χ0n) is 38.9. The van der Waals surface area contributed by atoms with Crippen molar-refractivity contribution in [1.82, 2.24) is 14.1 Å². The van der Waals surface area contributed by atoms with Crippen molar-refractivity contribution in [3.63, 3.8) is 0 Å². The second-order valence-corrected chi connectivity index (χ2v) is 19.1. The molecule has 7 aromatic carbocycles. The van der Waals surface area contributed by atoms with Crippen molar-refractivity contribution >= 4 is 11.0 Å². The van der Waals surface area contributed by atoms with E-state index in [2.05, 4.69) is 226 Å². The van der Waals surface area contributed by atoms with Gasteiger partial charge in [-0.25, -0.2) is 0 Å². The summed E-state index contributed by atoms with van der Waals surface area (Å²) in [6.45, 7) is 18.6. The molecule has 1 aliphatic carbocycles. The number of para-hydroxylation sites is 3. The summed E-state index contributed by atoms with van der Waals surface area (Å²) < 4.78 is 6.56. The number of rotatable bonds is 8. The molecule has 9 aromatic rings. The van der Waals surface area contributed by atoms with Crippen molar-refractivity contribution in [1.29, 1.82) is 0 Å². The molecule has 0 aliphatic heterocycles. The largest absolute Gasteiger partial charge is 3.00 e. The summed E-state index contributed by atoms with van der Waals surface area (Å²) in [6.07, 6.45) is 10.0. The van der Waals surface area contributed by atoms with Gasteiger partial charge in [0.15, 0.2) is 0 Å². The SMILES string of the molecule is CC(C)c1cc(-c2ccccc2)cc(C(C)C)c1-n1ccnc1-c1[c-]cccc1.CC1(C)CCC(C)(C)c2cc(-c3cccc4c3[n+](-c3ccccc3)[c-]n4-c3[c-]cccc3)ccc21.[Ir+3]. The molecular formula is C60H58IrN4+. The average molecular weight is 1030 g/mol. The van der Waals surface area contributed by atoms with Crippen LogP contribution < -0.4 is 4.57 Å². The van der Waals surface area contributed by atoms with Crippen LogP contribution in [0.3, 0.4) is 0 Å². The van der Waals surface area contributed by atoms with Crippen LogP contribution in [0, 0.1) is 18.5 Å². The van der Waals surface area contributed by atoms with Gasteiger partial charge in [-0.05, 0) is 110 Å². The summed E-state index contributed by atoms with van der Waals surface area (Å²) in [7, 11) is 0. The van der Waals surface area contributed by atoms with E-state index in [1.54, 1.807) is 0 Å². The molecule has 0 N–H and O–H groups in total. The Morgan fingerprint density at radius 1 is 0.600 bits per heavy atom. The second kappa shape index (κ2) is 18.8. The summed E-state index contributed by atoms with van der Waals surface area (Å²) in [5.74, 6) is 1.71. The van der Waals surface area contributed by atoms with Gasteiger partial charge in [0, 0.05) is 18.1 Å². The van der Waals surface area contributed by atoms with Crippen molar-refractivity contribution in [3.05, 3.63) is 211 Å². The van der Waals surface area contributed by atoms with E-state index in [4.69, 9.17) is 0 Å². The van der Waals surface area contributed by atoms with E-state index in [1.807, 2.05) is 36.5 Å². The third-order valence-electron chi connectivity index (χ3n) is 13.1. The third-order valence-corrected chi connectivity index (χ3v) is 13.1. The smallest absolute Gasteiger partial charge is 0.340 e. The van der Waals surface area contributed by atoms with Crippen LogP contribution in [0.2, 0.25) is 0 Å². The minimum absolute atomic E-state index is 0. The monoisotopic (exact) mass is 1030 g/mol. The summed E-state index contributed by atoms with van der Waals surface area (Å²) >= 11 is 0. The number of benzene rings is 7. The van der Waals surface area contributed by atoms with E-state index in [9.17, 15) is 0 Å². The fourth-order valence-electron chi connectivity index (χ4n) is 9.46. The molecule has 5 heteroatoms. The molecule has 4 nitrogen and oxygen atoms in total. The molecule has 0 fully saturated rings. The minimum Gasteiger partial charge on any atom is -0.340 e. The summed E-state index contributed by atoms with van der Waals surface area (Å²) in [5, 5.41) is 0. The quantitative estimate of drug-likeness (QED) is 0.110. The van der Waals surface area contributed by atoms with Crippen molar-refractivity contribution in [2.75, 3.05) is 0 Å². The molecule has 65 heavy (non-hydrogen) atoms. The number of aromatic nitrogens is 4. The maximum atomic E-state index is 4.68. The van der Waals surface area contributed by atoms with E-state index < -0.39 is 0 Å². The van der Waals surface area contributed by atoms with E-state index in [-0.39, 0.29) is 30.9 Å². The molecule has 0 spiro atoms. The maximum Gasteiger partial charge on any atom is 3.00 e. The second-order valence-electron chi connectivity index (χ2n) is 19.1. The van der Waals surface area contributed by atoms with Crippen LogP contribution >= 0.6 is 0 Å². The molecule has 0 saturated heterocycles. The first-order valence-electron chi connectivity index (χ1n) is 22.8. The van der Waals surface area contributed by atoms with Gasteiger partial charge < -0.3 is 9.13 Å². The summed E-state index contributed by atoms with van der Waals surface area (Å²) in [4.78, 5) is 4.68. The predicted octanol–water partition coefficient (Wildman–Crippen LogP) is 14.8. The third kappa shape index (κ3) is 8.97. The van der Waals surface area contributed by atoms with Crippen LogP contribution in [0.4, 0.5) is 0 Å². The zero-order valence-corrected chi connectivity index (χ0v) is 41.3. The molecule has 0 radical (unpaired) electrons. The van der Waals surface area contributed by atoms with E-state index >= 15 is 0 Å². The Morgan fingerprint density at radius 3 is 1.86 bits per heavy atom. The number of nitrogens with zero attached hydrogens (tertiary/aromatic N) is 4. The van der Waals surface area contributed by atoms with Gasteiger partial charge in [-0.2, -0.15) is 30.3 Å². The number of imidazole rings is 2. The van der Waals surface area contributed by atoms with Gasteiger partial charge in [0.2, 0.25) is 0 Å². The first-order valence-corrected chi connectivity index (χ1v) is 22.8. The molecule has 1 aliphatic rings. The van der Waals surface area contributed by atoms with Gasteiger partial charge in [-0.15, -0.1) is 35.9 Å².